The third kappa shape index (κ3) is 4.99. The van der Waals surface area contributed by atoms with Crippen LogP contribution in [0.1, 0.15) is 36.1 Å². The summed E-state index contributed by atoms with van der Waals surface area (Å²) in [7, 11) is 0. The molecule has 1 aliphatic heterocycles. The second kappa shape index (κ2) is 9.96. The molecule has 0 radical (unpaired) electrons. The minimum absolute atomic E-state index is 0.0552. The molecule has 2 heterocycles. The van der Waals surface area contributed by atoms with E-state index in [1.807, 2.05) is 38.1 Å². The summed E-state index contributed by atoms with van der Waals surface area (Å²) in [6, 6.07) is 14.1. The number of nitrogens with one attached hydrogen (secondary N) is 1. The summed E-state index contributed by atoms with van der Waals surface area (Å²) in [5, 5.41) is 7.62. The summed E-state index contributed by atoms with van der Waals surface area (Å²) < 4.78 is 27.7. The molecular formula is C25H28FN3O3. The average molecular weight is 438 g/mol. The summed E-state index contributed by atoms with van der Waals surface area (Å²) in [6.45, 7) is 5.15. The molecule has 1 saturated heterocycles. The third-order valence-corrected chi connectivity index (χ3v) is 5.68. The Morgan fingerprint density at radius 1 is 1.22 bits per heavy atom. The molecule has 4 rings (SSSR count). The highest BCUT2D eigenvalue weighted by Gasteiger charge is 2.22. The summed E-state index contributed by atoms with van der Waals surface area (Å²) >= 11 is 0. The lowest BCUT2D eigenvalue weighted by molar-refractivity contribution is -0.121. The lowest BCUT2D eigenvalue weighted by Gasteiger charge is -2.14. The number of aromatic nitrogens is 2. The van der Waals surface area contributed by atoms with E-state index in [0.29, 0.717) is 18.8 Å². The van der Waals surface area contributed by atoms with Crippen molar-refractivity contribution in [3.63, 3.8) is 0 Å². The number of hydrogen-bond donors (Lipinski definition) is 1. The van der Waals surface area contributed by atoms with Gasteiger partial charge in [0.05, 0.1) is 17.5 Å². The monoisotopic (exact) mass is 437 g/mol. The highest BCUT2D eigenvalue weighted by Crippen LogP contribution is 2.33. The van der Waals surface area contributed by atoms with Gasteiger partial charge in [-0.15, -0.1) is 0 Å². The lowest BCUT2D eigenvalue weighted by Crippen LogP contribution is -2.31. The normalized spacial score (nSPS) is 15.7. The van der Waals surface area contributed by atoms with Gasteiger partial charge in [0.1, 0.15) is 0 Å². The lowest BCUT2D eigenvalue weighted by atomic mass is 10.1. The molecule has 1 unspecified atom stereocenters. The van der Waals surface area contributed by atoms with Gasteiger partial charge < -0.3 is 14.8 Å². The first-order valence-electron chi connectivity index (χ1n) is 11.0. The van der Waals surface area contributed by atoms with Crippen molar-refractivity contribution in [2.45, 2.75) is 45.6 Å². The van der Waals surface area contributed by atoms with Gasteiger partial charge in [-0.1, -0.05) is 30.3 Å². The molecule has 1 atom stereocenters. The summed E-state index contributed by atoms with van der Waals surface area (Å²) in [4.78, 5) is 12.4. The van der Waals surface area contributed by atoms with Crippen molar-refractivity contribution >= 4 is 5.91 Å². The maximum absolute atomic E-state index is 14.4. The van der Waals surface area contributed by atoms with Gasteiger partial charge in [0.2, 0.25) is 11.8 Å². The standard InChI is InChI=1S/C25H28FN3O3/c1-17-8-3-5-11-22(17)29-25(32-23-12-6-4-10-21(23)26)20(18(2)28-29)13-14-24(30)27-16-19-9-7-15-31-19/h3-6,8,10-12,19H,7,9,13-16H2,1-2H3,(H,27,30). The number of carbonyl (C=O) groups excluding carboxylic acids is 1. The smallest absolute Gasteiger partial charge is 0.226 e. The first kappa shape index (κ1) is 22.0. The second-order valence-electron chi connectivity index (χ2n) is 8.04. The van der Waals surface area contributed by atoms with E-state index < -0.39 is 5.82 Å². The highest BCUT2D eigenvalue weighted by atomic mass is 19.1. The van der Waals surface area contributed by atoms with Crippen LogP contribution in [0.15, 0.2) is 48.5 Å². The maximum atomic E-state index is 14.4. The van der Waals surface area contributed by atoms with E-state index in [1.54, 1.807) is 22.9 Å². The Labute approximate surface area is 187 Å². The molecule has 6 nitrogen and oxygen atoms in total. The Bertz CT molecular complexity index is 1090. The van der Waals surface area contributed by atoms with Crippen molar-refractivity contribution in [2.24, 2.45) is 0 Å². The van der Waals surface area contributed by atoms with Crippen molar-refractivity contribution in [3.8, 4) is 17.3 Å². The molecule has 0 aliphatic carbocycles. The minimum Gasteiger partial charge on any atom is -0.436 e. The molecule has 0 spiro atoms. The summed E-state index contributed by atoms with van der Waals surface area (Å²) in [5.41, 5.74) is 3.38. The van der Waals surface area contributed by atoms with Gasteiger partial charge in [-0.05, 0) is 56.9 Å². The predicted octanol–water partition coefficient (Wildman–Crippen LogP) is 4.65. The van der Waals surface area contributed by atoms with E-state index in [-0.39, 0.29) is 24.2 Å². The molecule has 1 aliphatic rings. The van der Waals surface area contributed by atoms with Gasteiger partial charge in [-0.2, -0.15) is 9.78 Å². The number of nitrogens with zero attached hydrogens (tertiary/aromatic N) is 2. The van der Waals surface area contributed by atoms with Crippen molar-refractivity contribution in [1.82, 2.24) is 15.1 Å². The van der Waals surface area contributed by atoms with E-state index in [0.717, 1.165) is 42.0 Å². The molecule has 1 N–H and O–H groups in total. The molecule has 0 saturated carbocycles. The first-order chi connectivity index (χ1) is 15.5. The van der Waals surface area contributed by atoms with Crippen LogP contribution < -0.4 is 10.1 Å². The van der Waals surface area contributed by atoms with Gasteiger partial charge in [0.15, 0.2) is 11.6 Å². The summed E-state index contributed by atoms with van der Waals surface area (Å²) in [6.07, 6.45) is 2.82. The number of rotatable bonds is 8. The Balaban J connectivity index is 1.58. The summed E-state index contributed by atoms with van der Waals surface area (Å²) in [5.74, 6) is 0.0310. The van der Waals surface area contributed by atoms with Crippen LogP contribution in [-0.4, -0.2) is 34.9 Å². The maximum Gasteiger partial charge on any atom is 0.226 e. The van der Waals surface area contributed by atoms with E-state index in [4.69, 9.17) is 9.47 Å². The molecule has 1 aromatic heterocycles. The van der Waals surface area contributed by atoms with Crippen LogP contribution in [0.3, 0.4) is 0 Å². The zero-order valence-corrected chi connectivity index (χ0v) is 18.4. The van der Waals surface area contributed by atoms with E-state index in [9.17, 15) is 9.18 Å². The third-order valence-electron chi connectivity index (χ3n) is 5.68. The van der Waals surface area contributed by atoms with Crippen LogP contribution in [0.5, 0.6) is 11.6 Å². The number of benzene rings is 2. The van der Waals surface area contributed by atoms with Crippen LogP contribution in [0.4, 0.5) is 4.39 Å². The van der Waals surface area contributed by atoms with E-state index >= 15 is 0 Å². The van der Waals surface area contributed by atoms with Gasteiger partial charge in [-0.25, -0.2) is 4.39 Å². The number of carbonyl (C=O) groups is 1. The second-order valence-corrected chi connectivity index (χ2v) is 8.04. The fourth-order valence-electron chi connectivity index (χ4n) is 3.89. The fraction of sp³-hybridized carbons (Fsp3) is 0.360. The Morgan fingerprint density at radius 3 is 2.75 bits per heavy atom. The van der Waals surface area contributed by atoms with E-state index in [2.05, 4.69) is 10.4 Å². The van der Waals surface area contributed by atoms with Crippen LogP contribution in [0.2, 0.25) is 0 Å². The largest absolute Gasteiger partial charge is 0.436 e. The molecule has 3 aromatic rings. The number of para-hydroxylation sites is 2. The van der Waals surface area contributed by atoms with Gasteiger partial charge >= 0.3 is 0 Å². The average Bonchev–Trinajstić information content (AvgIpc) is 3.41. The van der Waals surface area contributed by atoms with Crippen molar-refractivity contribution in [2.75, 3.05) is 13.2 Å². The SMILES string of the molecule is Cc1ccccc1-n1nc(C)c(CCC(=O)NCC2CCCO2)c1Oc1ccccc1F. The zero-order chi connectivity index (χ0) is 22.5. The van der Waals surface area contributed by atoms with Gasteiger partial charge in [0, 0.05) is 25.1 Å². The zero-order valence-electron chi connectivity index (χ0n) is 18.4. The predicted molar refractivity (Wildman–Crippen MR) is 120 cm³/mol. The van der Waals surface area contributed by atoms with Crippen LogP contribution in [0.25, 0.3) is 5.69 Å². The van der Waals surface area contributed by atoms with Crippen LogP contribution in [-0.2, 0) is 16.0 Å². The highest BCUT2D eigenvalue weighted by molar-refractivity contribution is 5.76. The number of aryl methyl sites for hydroxylation is 2. The molecule has 0 bridgehead atoms. The van der Waals surface area contributed by atoms with Gasteiger partial charge in [-0.3, -0.25) is 4.79 Å². The Kier molecular flexibility index (Phi) is 6.85. The molecule has 168 valence electrons. The first-order valence-corrected chi connectivity index (χ1v) is 11.0. The molecule has 2 aromatic carbocycles. The number of ether oxygens (including phenoxy) is 2. The molecule has 32 heavy (non-hydrogen) atoms. The Morgan fingerprint density at radius 2 is 2.00 bits per heavy atom. The van der Waals surface area contributed by atoms with Crippen molar-refractivity contribution in [1.29, 1.82) is 0 Å². The Hall–Kier alpha value is -3.19. The van der Waals surface area contributed by atoms with E-state index in [1.165, 1.54) is 6.07 Å². The van der Waals surface area contributed by atoms with Crippen LogP contribution >= 0.6 is 0 Å². The number of amides is 1. The minimum atomic E-state index is -0.456. The van der Waals surface area contributed by atoms with Crippen LogP contribution in [0, 0.1) is 19.7 Å². The molecule has 1 fully saturated rings. The van der Waals surface area contributed by atoms with Crippen molar-refractivity contribution in [3.05, 3.63) is 71.2 Å². The van der Waals surface area contributed by atoms with Gasteiger partial charge in [0.25, 0.3) is 0 Å². The topological polar surface area (TPSA) is 65.4 Å². The molecule has 7 heteroatoms. The fourth-order valence-corrected chi connectivity index (χ4v) is 3.89. The molecule has 1 amide bonds. The molecular weight excluding hydrogens is 409 g/mol. The van der Waals surface area contributed by atoms with Crippen molar-refractivity contribution < 1.29 is 18.7 Å². The number of hydrogen-bond acceptors (Lipinski definition) is 4. The number of halogens is 1. The quantitative estimate of drug-likeness (QED) is 0.557.